The average molecular weight is 251 g/mol. The second-order valence-electron chi connectivity index (χ2n) is 5.47. The molecule has 4 heteroatoms. The van der Waals surface area contributed by atoms with Gasteiger partial charge in [0.2, 0.25) is 0 Å². The summed E-state index contributed by atoms with van der Waals surface area (Å²) in [5, 5.41) is 7.00. The first-order valence-corrected chi connectivity index (χ1v) is 7.53. The average Bonchev–Trinajstić information content (AvgIpc) is 2.86. The van der Waals surface area contributed by atoms with Crippen LogP contribution in [0, 0.1) is 0 Å². The fourth-order valence-electron chi connectivity index (χ4n) is 2.97. The molecule has 2 fully saturated rings. The van der Waals surface area contributed by atoms with E-state index in [4.69, 9.17) is 0 Å². The zero-order chi connectivity index (χ0) is 11.8. The third-order valence-corrected chi connectivity index (χ3v) is 4.90. The maximum atomic E-state index is 4.39. The van der Waals surface area contributed by atoms with E-state index in [-0.39, 0.29) is 0 Å². The highest BCUT2D eigenvalue weighted by atomic mass is 32.1. The normalized spacial score (nSPS) is 31.9. The summed E-state index contributed by atoms with van der Waals surface area (Å²) in [5.41, 5.74) is 0. The molecule has 0 spiro atoms. The topological polar surface area (TPSA) is 28.2 Å². The Morgan fingerprint density at radius 2 is 2.35 bits per heavy atom. The molecular weight excluding hydrogens is 230 g/mol. The van der Waals surface area contributed by atoms with Crippen LogP contribution in [0.25, 0.3) is 0 Å². The van der Waals surface area contributed by atoms with Crippen LogP contribution in [0.15, 0.2) is 11.6 Å². The zero-order valence-electron chi connectivity index (χ0n) is 10.6. The van der Waals surface area contributed by atoms with Gasteiger partial charge in [-0.15, -0.1) is 11.3 Å². The van der Waals surface area contributed by atoms with Crippen LogP contribution in [0.2, 0.25) is 0 Å². The van der Waals surface area contributed by atoms with Crippen molar-refractivity contribution >= 4 is 11.3 Å². The number of thiazole rings is 1. The Morgan fingerprint density at radius 3 is 3.00 bits per heavy atom. The van der Waals surface area contributed by atoms with Crippen molar-refractivity contribution in [3.8, 4) is 0 Å². The van der Waals surface area contributed by atoms with Crippen molar-refractivity contribution in [1.82, 2.24) is 15.2 Å². The summed E-state index contributed by atoms with van der Waals surface area (Å²) >= 11 is 1.75. The second-order valence-corrected chi connectivity index (χ2v) is 6.39. The van der Waals surface area contributed by atoms with Crippen molar-refractivity contribution in [3.05, 3.63) is 16.6 Å². The Bertz CT molecular complexity index is 361. The Hall–Kier alpha value is -0.450. The predicted molar refractivity (Wildman–Crippen MR) is 71.3 cm³/mol. The highest BCUT2D eigenvalue weighted by Gasteiger charge is 2.38. The lowest BCUT2D eigenvalue weighted by molar-refractivity contribution is 0.254. The molecule has 3 atom stereocenters. The molecule has 0 radical (unpaired) electrons. The summed E-state index contributed by atoms with van der Waals surface area (Å²) in [6.07, 6.45) is 6.01. The van der Waals surface area contributed by atoms with Crippen LogP contribution in [0.1, 0.15) is 44.2 Å². The molecule has 17 heavy (non-hydrogen) atoms. The van der Waals surface area contributed by atoms with Gasteiger partial charge in [0, 0.05) is 36.2 Å². The molecule has 1 aromatic rings. The molecule has 0 bridgehead atoms. The van der Waals surface area contributed by atoms with Gasteiger partial charge in [0.1, 0.15) is 5.01 Å². The first kappa shape index (κ1) is 11.6. The molecule has 2 heterocycles. The van der Waals surface area contributed by atoms with Crippen molar-refractivity contribution in [2.45, 2.75) is 57.3 Å². The number of nitrogens with zero attached hydrogens (tertiary/aromatic N) is 2. The molecule has 3 unspecified atom stereocenters. The first-order valence-electron chi connectivity index (χ1n) is 6.65. The molecule has 3 rings (SSSR count). The largest absolute Gasteiger partial charge is 0.304 e. The smallest absolute Gasteiger partial charge is 0.109 e. The van der Waals surface area contributed by atoms with E-state index < -0.39 is 0 Å². The van der Waals surface area contributed by atoms with Gasteiger partial charge in [0.15, 0.2) is 0 Å². The number of likely N-dealkylation sites (tertiary alicyclic amines) is 1. The van der Waals surface area contributed by atoms with E-state index in [2.05, 4.69) is 34.4 Å². The molecule has 1 aliphatic carbocycles. The molecule has 2 aliphatic rings. The number of nitrogens with one attached hydrogen (secondary N) is 1. The van der Waals surface area contributed by atoms with Gasteiger partial charge >= 0.3 is 0 Å². The molecule has 1 saturated carbocycles. The highest BCUT2D eigenvalue weighted by Crippen LogP contribution is 2.33. The number of hydrogen-bond donors (Lipinski definition) is 1. The zero-order valence-corrected chi connectivity index (χ0v) is 11.4. The van der Waals surface area contributed by atoms with Crippen molar-refractivity contribution < 1.29 is 0 Å². The molecule has 1 N–H and O–H groups in total. The fourth-order valence-corrected chi connectivity index (χ4v) is 3.62. The maximum absolute atomic E-state index is 4.39. The van der Waals surface area contributed by atoms with Crippen molar-refractivity contribution in [3.63, 3.8) is 0 Å². The van der Waals surface area contributed by atoms with Crippen LogP contribution in [-0.4, -0.2) is 34.6 Å². The second kappa shape index (κ2) is 4.67. The summed E-state index contributed by atoms with van der Waals surface area (Å²) in [6, 6.07) is 2.69. The van der Waals surface area contributed by atoms with Gasteiger partial charge in [-0.1, -0.05) is 0 Å². The lowest BCUT2D eigenvalue weighted by Crippen LogP contribution is -2.35. The maximum Gasteiger partial charge on any atom is 0.109 e. The molecule has 1 saturated heterocycles. The lowest BCUT2D eigenvalue weighted by Gasteiger charge is -2.20. The third kappa shape index (κ3) is 2.54. The van der Waals surface area contributed by atoms with E-state index in [9.17, 15) is 0 Å². The summed E-state index contributed by atoms with van der Waals surface area (Å²) in [7, 11) is 0. The Morgan fingerprint density at radius 1 is 1.53 bits per heavy atom. The fraction of sp³-hybridized carbons (Fsp3) is 0.769. The summed E-state index contributed by atoms with van der Waals surface area (Å²) in [5.74, 6) is 0. The van der Waals surface area contributed by atoms with Crippen LogP contribution in [-0.2, 0) is 0 Å². The minimum atomic E-state index is 0.395. The van der Waals surface area contributed by atoms with Gasteiger partial charge in [-0.3, -0.25) is 4.90 Å². The Labute approximate surface area is 107 Å². The van der Waals surface area contributed by atoms with Crippen LogP contribution in [0.3, 0.4) is 0 Å². The minimum absolute atomic E-state index is 0.395. The first-order chi connectivity index (χ1) is 8.24. The monoisotopic (exact) mass is 251 g/mol. The summed E-state index contributed by atoms with van der Waals surface area (Å²) < 4.78 is 0. The SMILES string of the molecule is CC(NC1CC(C)N(C2CC2)C1)c1nccs1. The number of aromatic nitrogens is 1. The van der Waals surface area contributed by atoms with Gasteiger partial charge in [0.05, 0.1) is 6.04 Å². The molecule has 1 aliphatic heterocycles. The van der Waals surface area contributed by atoms with Gasteiger partial charge in [-0.05, 0) is 33.1 Å². The number of hydrogen-bond acceptors (Lipinski definition) is 4. The molecule has 94 valence electrons. The van der Waals surface area contributed by atoms with Crippen molar-refractivity contribution in [1.29, 1.82) is 0 Å². The Kier molecular flexibility index (Phi) is 3.19. The third-order valence-electron chi connectivity index (χ3n) is 3.95. The highest BCUT2D eigenvalue weighted by molar-refractivity contribution is 7.09. The van der Waals surface area contributed by atoms with Crippen LogP contribution in [0.4, 0.5) is 0 Å². The van der Waals surface area contributed by atoms with Crippen LogP contribution < -0.4 is 5.32 Å². The lowest BCUT2D eigenvalue weighted by atomic mass is 10.1. The van der Waals surface area contributed by atoms with Crippen LogP contribution in [0.5, 0.6) is 0 Å². The van der Waals surface area contributed by atoms with Gasteiger partial charge < -0.3 is 5.32 Å². The quantitative estimate of drug-likeness (QED) is 0.891. The van der Waals surface area contributed by atoms with E-state index in [0.717, 1.165) is 12.1 Å². The predicted octanol–water partition coefficient (Wildman–Crippen LogP) is 2.42. The van der Waals surface area contributed by atoms with E-state index in [0.29, 0.717) is 12.1 Å². The molecule has 0 aromatic carbocycles. The standard InChI is InChI=1S/C13H21N3S/c1-9-7-11(8-16(9)12-3-4-12)15-10(2)13-14-5-6-17-13/h5-6,9-12,15H,3-4,7-8H2,1-2H3. The number of rotatable bonds is 4. The van der Waals surface area contributed by atoms with Gasteiger partial charge in [-0.2, -0.15) is 0 Å². The minimum Gasteiger partial charge on any atom is -0.304 e. The van der Waals surface area contributed by atoms with Crippen molar-refractivity contribution in [2.24, 2.45) is 0 Å². The Balaban J connectivity index is 1.56. The van der Waals surface area contributed by atoms with E-state index in [1.807, 2.05) is 6.20 Å². The van der Waals surface area contributed by atoms with Crippen LogP contribution >= 0.6 is 11.3 Å². The van der Waals surface area contributed by atoms with Crippen molar-refractivity contribution in [2.75, 3.05) is 6.54 Å². The molecule has 1 aromatic heterocycles. The van der Waals surface area contributed by atoms with E-state index in [1.54, 1.807) is 11.3 Å². The molecule has 0 amide bonds. The van der Waals surface area contributed by atoms with Gasteiger partial charge in [0.25, 0.3) is 0 Å². The molecular formula is C13H21N3S. The van der Waals surface area contributed by atoms with Gasteiger partial charge in [-0.25, -0.2) is 4.98 Å². The van der Waals surface area contributed by atoms with E-state index >= 15 is 0 Å². The summed E-state index contributed by atoms with van der Waals surface area (Å²) in [4.78, 5) is 7.07. The molecule has 3 nitrogen and oxygen atoms in total. The summed E-state index contributed by atoms with van der Waals surface area (Å²) in [6.45, 7) is 5.82. The van der Waals surface area contributed by atoms with E-state index in [1.165, 1.54) is 30.8 Å².